The third kappa shape index (κ3) is 7.48. The summed E-state index contributed by atoms with van der Waals surface area (Å²) in [4.78, 5) is 26.7. The number of phenols is 1. The summed E-state index contributed by atoms with van der Waals surface area (Å²) in [6.07, 6.45) is 1.32. The van der Waals surface area contributed by atoms with E-state index in [9.17, 15) is 23.5 Å². The zero-order chi connectivity index (χ0) is 51.0. The van der Waals surface area contributed by atoms with E-state index in [2.05, 4.69) is 0 Å². The average Bonchev–Trinajstić information content (AvgIpc) is 3.96. The van der Waals surface area contributed by atoms with Crippen LogP contribution in [0.2, 0.25) is 0 Å². The van der Waals surface area contributed by atoms with Crippen LogP contribution >= 0.6 is 0 Å². The summed E-state index contributed by atoms with van der Waals surface area (Å²) in [7, 11) is 7.84. The highest BCUT2D eigenvalue weighted by molar-refractivity contribution is 6.18. The minimum absolute atomic E-state index is 0.0510. The topological polar surface area (TPSA) is 146 Å². The van der Waals surface area contributed by atoms with E-state index in [1.807, 2.05) is 71.5 Å². The summed E-state index contributed by atoms with van der Waals surface area (Å²) >= 11 is 0. The van der Waals surface area contributed by atoms with Crippen molar-refractivity contribution in [3.05, 3.63) is 146 Å². The van der Waals surface area contributed by atoms with Crippen molar-refractivity contribution in [2.75, 3.05) is 42.2 Å². The highest BCUT2D eigenvalue weighted by Gasteiger charge is 2.33. The van der Waals surface area contributed by atoms with Gasteiger partial charge in [0.15, 0.2) is 34.5 Å². The second kappa shape index (κ2) is 18.2. The maximum absolute atomic E-state index is 14.5. The van der Waals surface area contributed by atoms with Gasteiger partial charge in [0.2, 0.25) is 0 Å². The van der Waals surface area contributed by atoms with Gasteiger partial charge in [-0.25, -0.2) is 18.4 Å². The molecule has 0 atom stereocenters. The van der Waals surface area contributed by atoms with Gasteiger partial charge in [0.25, 0.3) is 0 Å². The molecule has 0 fully saturated rings. The Balaban J connectivity index is 0.000000157. The molecule has 12 rings (SSSR count). The molecule has 4 aromatic heterocycles. The Kier molecular flexibility index (Phi) is 11.6. The molecule has 0 aliphatic carbocycles. The zero-order valence-corrected chi connectivity index (χ0v) is 41.0. The number of methoxy groups -OCH3 is 5. The molecule has 73 heavy (non-hydrogen) atoms. The van der Waals surface area contributed by atoms with E-state index in [0.29, 0.717) is 111 Å². The van der Waals surface area contributed by atoms with Crippen molar-refractivity contribution in [3.8, 4) is 85.0 Å². The van der Waals surface area contributed by atoms with Crippen molar-refractivity contribution in [3.63, 3.8) is 0 Å². The molecule has 2 aliphatic heterocycles. The number of aromatic nitrogens is 2. The van der Waals surface area contributed by atoms with E-state index in [1.54, 1.807) is 40.6 Å². The highest BCUT2D eigenvalue weighted by Crippen LogP contribution is 2.51. The fraction of sp³-hybridized carbons (Fsp3) is 0.207. The lowest BCUT2D eigenvalue weighted by Gasteiger charge is -2.23. The molecule has 0 bridgehead atoms. The van der Waals surface area contributed by atoms with Crippen molar-refractivity contribution < 1.29 is 51.1 Å². The number of hydrogen-bond acceptors (Lipinski definition) is 11. The summed E-state index contributed by atoms with van der Waals surface area (Å²) in [5.74, 6) is 2.57. The van der Waals surface area contributed by atoms with Crippen LogP contribution < -0.4 is 39.7 Å². The van der Waals surface area contributed by atoms with Crippen LogP contribution in [0.4, 0.5) is 8.78 Å². The monoisotopic (exact) mass is 986 g/mol. The van der Waals surface area contributed by atoms with Crippen LogP contribution in [0, 0.1) is 18.6 Å². The molecule has 0 unspecified atom stereocenters. The van der Waals surface area contributed by atoms with Crippen LogP contribution in [-0.4, -0.2) is 56.4 Å². The lowest BCUT2D eigenvalue weighted by Crippen LogP contribution is -2.15. The molecule has 0 amide bonds. The van der Waals surface area contributed by atoms with Gasteiger partial charge in [-0.1, -0.05) is 18.2 Å². The summed E-state index contributed by atoms with van der Waals surface area (Å²) < 4.78 is 77.6. The molecule has 10 aromatic rings. The van der Waals surface area contributed by atoms with Gasteiger partial charge in [-0.15, -0.1) is 0 Å². The van der Waals surface area contributed by atoms with Crippen molar-refractivity contribution in [1.29, 1.82) is 0 Å². The maximum atomic E-state index is 14.5. The number of phenolic OH excluding ortho intramolecular Hbond substituents is 1. The third-order valence-electron chi connectivity index (χ3n) is 13.9. The molecule has 0 saturated carbocycles. The second-order valence-corrected chi connectivity index (χ2v) is 17.8. The minimum atomic E-state index is -0.515. The lowest BCUT2D eigenvalue weighted by atomic mass is 9.91. The first-order valence-corrected chi connectivity index (χ1v) is 23.6. The van der Waals surface area contributed by atoms with Gasteiger partial charge in [-0.2, -0.15) is 0 Å². The van der Waals surface area contributed by atoms with E-state index in [0.717, 1.165) is 56.1 Å². The first-order valence-electron chi connectivity index (χ1n) is 23.6. The summed E-state index contributed by atoms with van der Waals surface area (Å²) in [6, 6.07) is 27.2. The quantitative estimate of drug-likeness (QED) is 0.138. The Labute approximate surface area is 415 Å². The van der Waals surface area contributed by atoms with Crippen LogP contribution in [0.25, 0.3) is 88.5 Å². The Hall–Kier alpha value is -8.72. The van der Waals surface area contributed by atoms with Crippen LogP contribution in [0.3, 0.4) is 0 Å². The number of halogens is 2. The SMILES string of the molecule is CCOc1cc(-c2c3n(c4c(=O)oc5ccc(F)cc5c24)CCc2cc(OC)c(OC)cc2-3)ccc1C.COc1ccc(-c2c3n(c4c(=O)oc5ccc(F)cc5c24)CCc2cc(OC)c(OC)cc2-3)cc1O. The van der Waals surface area contributed by atoms with E-state index in [1.165, 1.54) is 43.5 Å². The molecular weight excluding hydrogens is 939 g/mol. The molecule has 2 aliphatic rings. The predicted octanol–water partition coefficient (Wildman–Crippen LogP) is 12.0. The van der Waals surface area contributed by atoms with Crippen LogP contribution in [0.15, 0.2) is 115 Å². The number of hydrogen-bond donors (Lipinski definition) is 1. The Bertz CT molecular complexity index is 4030. The van der Waals surface area contributed by atoms with Crippen LogP contribution in [-0.2, 0) is 25.9 Å². The molecule has 0 spiro atoms. The van der Waals surface area contributed by atoms with Crippen molar-refractivity contribution in [1.82, 2.24) is 9.13 Å². The number of aromatic hydroxyl groups is 1. The molecule has 0 saturated heterocycles. The number of benzene rings is 6. The number of aryl methyl sites for hydroxylation is 5. The van der Waals surface area contributed by atoms with Crippen LogP contribution in [0.5, 0.6) is 40.2 Å². The fourth-order valence-corrected chi connectivity index (χ4v) is 10.7. The minimum Gasteiger partial charge on any atom is -0.504 e. The lowest BCUT2D eigenvalue weighted by molar-refractivity contribution is 0.338. The van der Waals surface area contributed by atoms with Gasteiger partial charge >= 0.3 is 11.3 Å². The highest BCUT2D eigenvalue weighted by atomic mass is 19.1. The van der Waals surface area contributed by atoms with Gasteiger partial charge in [0, 0.05) is 56.9 Å². The van der Waals surface area contributed by atoms with Crippen LogP contribution in [0.1, 0.15) is 23.6 Å². The standard InChI is InChI=1S/C30H26FNO5.C28H22FNO6/c1-5-36-23-13-18(7-6-16(23)2)26-27-21-14-19(31)8-9-22(21)37-30(33)29(27)32-11-10-17-12-24(34-3)25(35-4)15-20(17)28(26)32;1-33-21-6-4-15(10-19(21)31)24-25-18-12-16(29)5-7-20(18)36-28(32)27(25)30-9-8-14-11-22(34-2)23(35-3)13-17(14)26(24)30/h6-9,12-15H,5,10-11H2,1-4H3;4-7,10-13,31H,8-9H2,1-3H3. The molecule has 6 heterocycles. The van der Waals surface area contributed by atoms with E-state index in [-0.39, 0.29) is 11.3 Å². The molecule has 15 heteroatoms. The molecule has 6 aromatic carbocycles. The number of fused-ring (bicyclic) bond motifs is 14. The third-order valence-corrected chi connectivity index (χ3v) is 13.9. The molecule has 0 radical (unpaired) electrons. The Morgan fingerprint density at radius 2 is 1.00 bits per heavy atom. The van der Waals surface area contributed by atoms with Gasteiger partial charge < -0.3 is 51.5 Å². The zero-order valence-electron chi connectivity index (χ0n) is 41.0. The molecule has 1 N–H and O–H groups in total. The van der Waals surface area contributed by atoms with E-state index < -0.39 is 22.9 Å². The molecular formula is C58H48F2N2O11. The largest absolute Gasteiger partial charge is 0.504 e. The first kappa shape index (κ1) is 46.7. The fourth-order valence-electron chi connectivity index (χ4n) is 10.7. The van der Waals surface area contributed by atoms with E-state index in [4.69, 9.17) is 37.3 Å². The Morgan fingerprint density at radius 3 is 1.45 bits per heavy atom. The maximum Gasteiger partial charge on any atom is 0.361 e. The molecule has 13 nitrogen and oxygen atoms in total. The van der Waals surface area contributed by atoms with Crippen molar-refractivity contribution in [2.45, 2.75) is 39.8 Å². The van der Waals surface area contributed by atoms with Gasteiger partial charge in [-0.05, 0) is 133 Å². The second-order valence-electron chi connectivity index (χ2n) is 17.8. The first-order chi connectivity index (χ1) is 35.4. The van der Waals surface area contributed by atoms with Gasteiger partial charge in [0.05, 0.1) is 53.5 Å². The summed E-state index contributed by atoms with van der Waals surface area (Å²) in [6.45, 7) is 5.52. The number of ether oxygens (including phenoxy) is 6. The van der Waals surface area contributed by atoms with Crippen molar-refractivity contribution >= 4 is 43.7 Å². The van der Waals surface area contributed by atoms with Gasteiger partial charge in [-0.3, -0.25) is 0 Å². The normalized spacial score (nSPS) is 12.5. The number of nitrogens with zero attached hydrogens (tertiary/aromatic N) is 2. The predicted molar refractivity (Wildman–Crippen MR) is 275 cm³/mol. The Morgan fingerprint density at radius 1 is 0.548 bits per heavy atom. The van der Waals surface area contributed by atoms with Crippen molar-refractivity contribution in [2.24, 2.45) is 0 Å². The summed E-state index contributed by atoms with van der Waals surface area (Å²) in [5, 5.41) is 12.9. The van der Waals surface area contributed by atoms with Gasteiger partial charge in [0.1, 0.15) is 39.6 Å². The van der Waals surface area contributed by atoms with E-state index >= 15 is 0 Å². The summed E-state index contributed by atoms with van der Waals surface area (Å²) in [5.41, 5.74) is 9.91. The molecule has 370 valence electrons. The number of rotatable bonds is 9. The smallest absolute Gasteiger partial charge is 0.361 e. The average molecular weight is 987 g/mol.